The molecular weight excluding hydrogens is 136 g/mol. The minimum Gasteiger partial charge on any atom is -0.298 e. The van der Waals surface area contributed by atoms with Gasteiger partial charge in [-0.1, -0.05) is 31.6 Å². The van der Waals surface area contributed by atoms with E-state index in [2.05, 4.69) is 19.9 Å². The van der Waals surface area contributed by atoms with Gasteiger partial charge in [0.05, 0.1) is 0 Å². The molecule has 0 fully saturated rings. The van der Waals surface area contributed by atoms with Crippen LogP contribution in [0.4, 0.5) is 0 Å². The first-order chi connectivity index (χ1) is 5.24. The van der Waals surface area contributed by atoms with Crippen LogP contribution in [0.1, 0.15) is 26.7 Å². The SMILES string of the molecule is CC(C)C1=CCC(C=O)=CC1. The predicted octanol–water partition coefficient (Wildman–Crippen LogP) is 2.49. The van der Waals surface area contributed by atoms with Crippen LogP contribution in [-0.4, -0.2) is 6.29 Å². The topological polar surface area (TPSA) is 17.1 Å². The minimum atomic E-state index is 0.624. The normalized spacial score (nSPS) is 17.7. The summed E-state index contributed by atoms with van der Waals surface area (Å²) in [5.41, 5.74) is 2.38. The van der Waals surface area contributed by atoms with Crippen LogP contribution in [0.2, 0.25) is 0 Å². The zero-order chi connectivity index (χ0) is 8.27. The second-order valence-electron chi connectivity index (χ2n) is 3.24. The lowest BCUT2D eigenvalue weighted by molar-refractivity contribution is -0.105. The summed E-state index contributed by atoms with van der Waals surface area (Å²) in [5, 5.41) is 0. The molecule has 1 nitrogen and oxygen atoms in total. The molecular formula is C10H14O. The van der Waals surface area contributed by atoms with Gasteiger partial charge < -0.3 is 0 Å². The fourth-order valence-electron chi connectivity index (χ4n) is 1.23. The number of rotatable bonds is 2. The van der Waals surface area contributed by atoms with Gasteiger partial charge in [0.15, 0.2) is 0 Å². The molecule has 0 unspecified atom stereocenters. The lowest BCUT2D eigenvalue weighted by Crippen LogP contribution is -1.99. The summed E-state index contributed by atoms with van der Waals surface area (Å²) in [6.45, 7) is 4.37. The Morgan fingerprint density at radius 1 is 1.36 bits per heavy atom. The summed E-state index contributed by atoms with van der Waals surface area (Å²) >= 11 is 0. The zero-order valence-electron chi connectivity index (χ0n) is 7.13. The van der Waals surface area contributed by atoms with Gasteiger partial charge in [-0.15, -0.1) is 0 Å². The molecule has 0 radical (unpaired) electrons. The summed E-state index contributed by atoms with van der Waals surface area (Å²) < 4.78 is 0. The molecule has 0 atom stereocenters. The smallest absolute Gasteiger partial charge is 0.146 e. The molecule has 0 heterocycles. The minimum absolute atomic E-state index is 0.624. The van der Waals surface area contributed by atoms with Crippen molar-refractivity contribution in [3.8, 4) is 0 Å². The van der Waals surface area contributed by atoms with E-state index in [1.54, 1.807) is 0 Å². The Kier molecular flexibility index (Phi) is 2.64. The summed E-state index contributed by atoms with van der Waals surface area (Å²) in [7, 11) is 0. The number of hydrogen-bond donors (Lipinski definition) is 0. The van der Waals surface area contributed by atoms with E-state index in [0.717, 1.165) is 24.7 Å². The van der Waals surface area contributed by atoms with Gasteiger partial charge in [0.25, 0.3) is 0 Å². The Morgan fingerprint density at radius 2 is 2.09 bits per heavy atom. The maximum atomic E-state index is 10.3. The monoisotopic (exact) mass is 150 g/mol. The Bertz CT molecular complexity index is 209. The highest BCUT2D eigenvalue weighted by Gasteiger charge is 2.06. The van der Waals surface area contributed by atoms with Gasteiger partial charge in [-0.2, -0.15) is 0 Å². The van der Waals surface area contributed by atoms with Crippen molar-refractivity contribution in [2.24, 2.45) is 5.92 Å². The summed E-state index contributed by atoms with van der Waals surface area (Å²) in [6.07, 6.45) is 6.95. The van der Waals surface area contributed by atoms with E-state index in [0.29, 0.717) is 5.92 Å². The summed E-state index contributed by atoms with van der Waals surface area (Å²) in [5.74, 6) is 0.624. The van der Waals surface area contributed by atoms with Crippen molar-refractivity contribution in [2.75, 3.05) is 0 Å². The van der Waals surface area contributed by atoms with Gasteiger partial charge in [-0.25, -0.2) is 0 Å². The largest absolute Gasteiger partial charge is 0.298 e. The average molecular weight is 150 g/mol. The molecule has 0 aliphatic heterocycles. The lowest BCUT2D eigenvalue weighted by atomic mass is 9.92. The predicted molar refractivity (Wildman–Crippen MR) is 46.3 cm³/mol. The van der Waals surface area contributed by atoms with E-state index in [1.807, 2.05) is 6.08 Å². The van der Waals surface area contributed by atoms with Crippen molar-refractivity contribution in [1.29, 1.82) is 0 Å². The highest BCUT2D eigenvalue weighted by atomic mass is 16.1. The molecule has 1 rings (SSSR count). The second kappa shape index (κ2) is 3.51. The maximum absolute atomic E-state index is 10.3. The zero-order valence-corrected chi connectivity index (χ0v) is 7.13. The van der Waals surface area contributed by atoms with Crippen LogP contribution in [0.3, 0.4) is 0 Å². The van der Waals surface area contributed by atoms with Crippen molar-refractivity contribution in [3.63, 3.8) is 0 Å². The third-order valence-electron chi connectivity index (χ3n) is 2.09. The number of aldehydes is 1. The highest BCUT2D eigenvalue weighted by Crippen LogP contribution is 2.21. The van der Waals surface area contributed by atoms with Crippen LogP contribution in [-0.2, 0) is 4.79 Å². The van der Waals surface area contributed by atoms with Crippen LogP contribution in [0, 0.1) is 5.92 Å². The molecule has 0 N–H and O–H groups in total. The van der Waals surface area contributed by atoms with Crippen molar-refractivity contribution in [3.05, 3.63) is 23.3 Å². The number of carbonyl (C=O) groups excluding carboxylic acids is 1. The Balaban J connectivity index is 2.57. The third-order valence-corrected chi connectivity index (χ3v) is 2.09. The first-order valence-electron chi connectivity index (χ1n) is 4.07. The molecule has 0 saturated carbocycles. The van der Waals surface area contributed by atoms with Gasteiger partial charge in [-0.3, -0.25) is 4.79 Å². The quantitative estimate of drug-likeness (QED) is 0.436. The number of carbonyl (C=O) groups is 1. The van der Waals surface area contributed by atoms with Crippen LogP contribution in [0.15, 0.2) is 23.3 Å². The molecule has 0 bridgehead atoms. The van der Waals surface area contributed by atoms with Crippen LogP contribution in [0.25, 0.3) is 0 Å². The van der Waals surface area contributed by atoms with E-state index >= 15 is 0 Å². The fraction of sp³-hybridized carbons (Fsp3) is 0.500. The fourth-order valence-corrected chi connectivity index (χ4v) is 1.23. The Hall–Kier alpha value is -0.850. The number of hydrogen-bond acceptors (Lipinski definition) is 1. The second-order valence-corrected chi connectivity index (χ2v) is 3.24. The first kappa shape index (κ1) is 8.25. The van der Waals surface area contributed by atoms with Gasteiger partial charge in [0.2, 0.25) is 0 Å². The van der Waals surface area contributed by atoms with Crippen LogP contribution in [0.5, 0.6) is 0 Å². The molecule has 1 aliphatic rings. The standard InChI is InChI=1S/C10H14O/c1-8(2)10-5-3-9(7-11)4-6-10/h3,6-8H,4-5H2,1-2H3. The highest BCUT2D eigenvalue weighted by molar-refractivity contribution is 5.74. The Labute approximate surface area is 67.8 Å². The van der Waals surface area contributed by atoms with Crippen molar-refractivity contribution >= 4 is 6.29 Å². The number of allylic oxidation sites excluding steroid dienone is 4. The van der Waals surface area contributed by atoms with E-state index in [4.69, 9.17) is 0 Å². The van der Waals surface area contributed by atoms with Crippen LogP contribution < -0.4 is 0 Å². The molecule has 1 heteroatoms. The summed E-state index contributed by atoms with van der Waals surface area (Å²) in [6, 6.07) is 0. The van der Waals surface area contributed by atoms with E-state index in [9.17, 15) is 4.79 Å². The van der Waals surface area contributed by atoms with Gasteiger partial charge in [0.1, 0.15) is 6.29 Å². The van der Waals surface area contributed by atoms with Crippen molar-refractivity contribution in [2.45, 2.75) is 26.7 Å². The molecule has 0 saturated heterocycles. The lowest BCUT2D eigenvalue weighted by Gasteiger charge is -2.13. The van der Waals surface area contributed by atoms with Crippen molar-refractivity contribution < 1.29 is 4.79 Å². The third kappa shape index (κ3) is 2.04. The van der Waals surface area contributed by atoms with Crippen molar-refractivity contribution in [1.82, 2.24) is 0 Å². The van der Waals surface area contributed by atoms with Gasteiger partial charge in [-0.05, 0) is 24.3 Å². The van der Waals surface area contributed by atoms with Gasteiger partial charge in [0, 0.05) is 0 Å². The van der Waals surface area contributed by atoms with E-state index < -0.39 is 0 Å². The van der Waals surface area contributed by atoms with Crippen LogP contribution >= 0.6 is 0 Å². The van der Waals surface area contributed by atoms with Gasteiger partial charge >= 0.3 is 0 Å². The molecule has 0 aromatic carbocycles. The molecule has 0 aromatic rings. The molecule has 0 aromatic heterocycles. The molecule has 11 heavy (non-hydrogen) atoms. The van der Waals surface area contributed by atoms with E-state index in [1.165, 1.54) is 5.57 Å². The van der Waals surface area contributed by atoms with E-state index in [-0.39, 0.29) is 0 Å². The average Bonchev–Trinajstić information content (AvgIpc) is 2.05. The molecule has 0 spiro atoms. The molecule has 60 valence electrons. The summed E-state index contributed by atoms with van der Waals surface area (Å²) in [4.78, 5) is 10.3. The maximum Gasteiger partial charge on any atom is 0.146 e. The first-order valence-corrected chi connectivity index (χ1v) is 4.07. The Morgan fingerprint density at radius 3 is 2.45 bits per heavy atom. The molecule has 1 aliphatic carbocycles. The molecule has 0 amide bonds.